The van der Waals surface area contributed by atoms with E-state index < -0.39 is 97.5 Å². The highest BCUT2D eigenvalue weighted by Gasteiger charge is 2.30. The van der Waals surface area contributed by atoms with Crippen molar-refractivity contribution < 1.29 is 80.2 Å². The predicted octanol–water partition coefficient (Wildman–Crippen LogP) is 19.2. The maximum absolute atomic E-state index is 13.0. The van der Waals surface area contributed by atoms with E-state index in [2.05, 4.69) is 41.5 Å². The molecular formula is C68H132O17P2. The lowest BCUT2D eigenvalue weighted by molar-refractivity contribution is -0.161. The molecule has 0 aliphatic heterocycles. The van der Waals surface area contributed by atoms with Crippen molar-refractivity contribution in [3.63, 3.8) is 0 Å². The second-order valence-corrected chi connectivity index (χ2v) is 28.2. The molecule has 0 aromatic rings. The largest absolute Gasteiger partial charge is 0.472 e. The molecular weight excluding hydrogens is 1150 g/mol. The minimum atomic E-state index is -4.95. The molecule has 17 nitrogen and oxygen atoms in total. The first-order valence-corrected chi connectivity index (χ1v) is 38.5. The van der Waals surface area contributed by atoms with Crippen molar-refractivity contribution in [3.05, 3.63) is 0 Å². The number of carbonyl (C=O) groups excluding carboxylic acids is 4. The first-order chi connectivity index (χ1) is 41.9. The summed E-state index contributed by atoms with van der Waals surface area (Å²) in [5.74, 6) is -0.607. The fourth-order valence-electron chi connectivity index (χ4n) is 10.2. The van der Waals surface area contributed by atoms with Crippen LogP contribution in [0, 0.1) is 11.8 Å². The van der Waals surface area contributed by atoms with Crippen LogP contribution in [0.4, 0.5) is 0 Å². The van der Waals surface area contributed by atoms with Crippen LogP contribution in [-0.2, 0) is 65.4 Å². The topological polar surface area (TPSA) is 237 Å². The van der Waals surface area contributed by atoms with Crippen LogP contribution in [0.15, 0.2) is 0 Å². The van der Waals surface area contributed by atoms with Crippen molar-refractivity contribution in [1.82, 2.24) is 0 Å². The summed E-state index contributed by atoms with van der Waals surface area (Å²) in [5.41, 5.74) is 0. The monoisotopic (exact) mass is 1280 g/mol. The number of rotatable bonds is 67. The van der Waals surface area contributed by atoms with Crippen molar-refractivity contribution in [1.29, 1.82) is 0 Å². The average molecular weight is 1280 g/mol. The van der Waals surface area contributed by atoms with Gasteiger partial charge in [0.1, 0.15) is 19.3 Å². The Bertz CT molecular complexity index is 1700. The Labute approximate surface area is 530 Å². The maximum atomic E-state index is 13.0. The van der Waals surface area contributed by atoms with Crippen LogP contribution in [0.3, 0.4) is 0 Å². The van der Waals surface area contributed by atoms with Crippen molar-refractivity contribution in [2.24, 2.45) is 11.8 Å². The van der Waals surface area contributed by atoms with Crippen LogP contribution in [0.5, 0.6) is 0 Å². The lowest BCUT2D eigenvalue weighted by Crippen LogP contribution is -2.30. The highest BCUT2D eigenvalue weighted by molar-refractivity contribution is 7.47. The Morgan fingerprint density at radius 1 is 0.333 bits per heavy atom. The first kappa shape index (κ1) is 85.1. The van der Waals surface area contributed by atoms with Crippen molar-refractivity contribution >= 4 is 39.5 Å². The van der Waals surface area contributed by atoms with Crippen LogP contribution in [0.2, 0.25) is 0 Å². The number of esters is 4. The smallest absolute Gasteiger partial charge is 0.462 e. The molecule has 3 N–H and O–H groups in total. The Balaban J connectivity index is 5.25. The minimum Gasteiger partial charge on any atom is -0.462 e. The highest BCUT2D eigenvalue weighted by atomic mass is 31.2. The average Bonchev–Trinajstić information content (AvgIpc) is 3.71. The summed E-state index contributed by atoms with van der Waals surface area (Å²) in [6.07, 6.45) is 44.3. The lowest BCUT2D eigenvalue weighted by atomic mass is 9.99. The van der Waals surface area contributed by atoms with E-state index in [0.717, 1.165) is 102 Å². The van der Waals surface area contributed by atoms with E-state index >= 15 is 0 Å². The second-order valence-electron chi connectivity index (χ2n) is 25.3. The van der Waals surface area contributed by atoms with Crippen LogP contribution in [0.25, 0.3) is 0 Å². The molecule has 516 valence electrons. The molecule has 0 aliphatic carbocycles. The van der Waals surface area contributed by atoms with Crippen molar-refractivity contribution in [2.75, 3.05) is 39.6 Å². The van der Waals surface area contributed by atoms with E-state index in [0.29, 0.717) is 25.7 Å². The molecule has 0 fully saturated rings. The Kier molecular flexibility index (Phi) is 59.0. The van der Waals surface area contributed by atoms with Gasteiger partial charge in [-0.1, -0.05) is 292 Å². The lowest BCUT2D eigenvalue weighted by Gasteiger charge is -2.21. The Morgan fingerprint density at radius 2 is 0.586 bits per heavy atom. The van der Waals surface area contributed by atoms with Crippen LogP contribution < -0.4 is 0 Å². The zero-order valence-corrected chi connectivity index (χ0v) is 58.1. The molecule has 6 atom stereocenters. The molecule has 3 unspecified atom stereocenters. The quantitative estimate of drug-likeness (QED) is 0.0222. The first-order valence-electron chi connectivity index (χ1n) is 35.5. The number of unbranched alkanes of at least 4 members (excludes halogenated alkanes) is 36. The number of hydrogen-bond donors (Lipinski definition) is 3. The van der Waals surface area contributed by atoms with Gasteiger partial charge in [-0.25, -0.2) is 9.13 Å². The van der Waals surface area contributed by atoms with E-state index in [1.807, 2.05) is 0 Å². The standard InChI is InChI=1S/C68H132O17P2/c1-7-10-12-14-16-18-19-20-21-26-33-39-45-51-66(71)79-57-63(84-67(72)52-46-40-34-27-23-22-25-31-37-43-49-61(6)9-3)58-82-86(74,75)80-54-62(69)55-81-87(76,77)83-59-64(56-78-65(70)50-44-38-32-24-17-15-13-11-8-2)85-68(73)53-47-41-35-29-28-30-36-42-48-60(4)5/h60-64,69H,7-59H2,1-6H3,(H,74,75)(H,76,77)/t61?,62-,63-,64-/m1/s1. The van der Waals surface area contributed by atoms with Gasteiger partial charge in [0.25, 0.3) is 0 Å². The van der Waals surface area contributed by atoms with Crippen LogP contribution in [-0.4, -0.2) is 96.7 Å². The normalized spacial score (nSPS) is 14.5. The van der Waals surface area contributed by atoms with E-state index in [1.54, 1.807) is 0 Å². The van der Waals surface area contributed by atoms with Gasteiger partial charge in [0.15, 0.2) is 12.2 Å². The second kappa shape index (κ2) is 60.3. The number of aliphatic hydroxyl groups is 1. The molecule has 0 aromatic heterocycles. The molecule has 0 radical (unpaired) electrons. The molecule has 0 bridgehead atoms. The van der Waals surface area contributed by atoms with Gasteiger partial charge in [-0.15, -0.1) is 0 Å². The zero-order chi connectivity index (χ0) is 64.3. The molecule has 0 amide bonds. The fourth-order valence-corrected chi connectivity index (χ4v) is 11.8. The predicted molar refractivity (Wildman–Crippen MR) is 349 cm³/mol. The number of ether oxygens (including phenoxy) is 4. The fraction of sp³-hybridized carbons (Fsp3) is 0.941. The third-order valence-electron chi connectivity index (χ3n) is 16.1. The summed E-state index contributed by atoms with van der Waals surface area (Å²) in [6.45, 7) is 9.50. The summed E-state index contributed by atoms with van der Waals surface area (Å²) in [5, 5.41) is 10.6. The summed E-state index contributed by atoms with van der Waals surface area (Å²) >= 11 is 0. The Hall–Kier alpha value is -1.94. The minimum absolute atomic E-state index is 0.104. The summed E-state index contributed by atoms with van der Waals surface area (Å²) in [6, 6.07) is 0. The van der Waals surface area contributed by atoms with Gasteiger partial charge in [-0.3, -0.25) is 37.3 Å². The summed E-state index contributed by atoms with van der Waals surface area (Å²) in [4.78, 5) is 72.4. The van der Waals surface area contributed by atoms with Gasteiger partial charge >= 0.3 is 39.5 Å². The number of hydrogen-bond acceptors (Lipinski definition) is 15. The van der Waals surface area contributed by atoms with Gasteiger partial charge in [-0.2, -0.15) is 0 Å². The summed E-state index contributed by atoms with van der Waals surface area (Å²) in [7, 11) is -9.89. The van der Waals surface area contributed by atoms with Gasteiger partial charge in [-0.05, 0) is 37.5 Å². The molecule has 87 heavy (non-hydrogen) atoms. The molecule has 19 heteroatoms. The molecule has 0 saturated carbocycles. The Morgan fingerprint density at radius 3 is 0.874 bits per heavy atom. The number of phosphoric ester groups is 2. The molecule has 0 aliphatic rings. The van der Waals surface area contributed by atoms with Crippen LogP contribution >= 0.6 is 15.6 Å². The van der Waals surface area contributed by atoms with Gasteiger partial charge in [0, 0.05) is 25.7 Å². The van der Waals surface area contributed by atoms with Crippen LogP contribution in [0.1, 0.15) is 343 Å². The number of phosphoric acid groups is 2. The van der Waals surface area contributed by atoms with E-state index in [4.69, 9.17) is 37.0 Å². The number of aliphatic hydroxyl groups excluding tert-OH is 1. The number of carbonyl (C=O) groups is 4. The van der Waals surface area contributed by atoms with Crippen molar-refractivity contribution in [3.8, 4) is 0 Å². The molecule has 0 spiro atoms. The SMILES string of the molecule is CCCCCCCCCCCCCCCC(=O)OC[C@H](COP(=O)(O)OC[C@@H](O)COP(=O)(O)OC[C@@H](COC(=O)CCCCCCCCCCC)OC(=O)CCCCCCCCCCC(C)C)OC(=O)CCCCCCCCCCCCC(C)CC. The molecule has 0 saturated heterocycles. The highest BCUT2D eigenvalue weighted by Crippen LogP contribution is 2.45. The van der Waals surface area contributed by atoms with Gasteiger partial charge < -0.3 is 33.8 Å². The third kappa shape index (κ3) is 61.3. The molecule has 0 rings (SSSR count). The third-order valence-corrected chi connectivity index (χ3v) is 18.0. The molecule has 0 heterocycles. The van der Waals surface area contributed by atoms with E-state index in [-0.39, 0.29) is 25.7 Å². The van der Waals surface area contributed by atoms with E-state index in [9.17, 15) is 43.2 Å². The van der Waals surface area contributed by atoms with Crippen molar-refractivity contribution in [2.45, 2.75) is 362 Å². The zero-order valence-electron chi connectivity index (χ0n) is 56.3. The van der Waals surface area contributed by atoms with Gasteiger partial charge in [0.2, 0.25) is 0 Å². The molecule has 0 aromatic carbocycles. The maximum Gasteiger partial charge on any atom is 0.472 e. The summed E-state index contributed by atoms with van der Waals surface area (Å²) < 4.78 is 68.2. The van der Waals surface area contributed by atoms with Gasteiger partial charge in [0.05, 0.1) is 26.4 Å². The van der Waals surface area contributed by atoms with E-state index in [1.165, 1.54) is 161 Å².